The van der Waals surface area contributed by atoms with Crippen molar-refractivity contribution in [1.29, 1.82) is 0 Å². The van der Waals surface area contributed by atoms with Crippen molar-refractivity contribution >= 4 is 34.1 Å². The first-order valence-electron chi connectivity index (χ1n) is 7.91. The van der Waals surface area contributed by atoms with Gasteiger partial charge in [-0.2, -0.15) is 4.52 Å². The summed E-state index contributed by atoms with van der Waals surface area (Å²) in [5.74, 6) is -1.81. The highest BCUT2D eigenvalue weighted by Crippen LogP contribution is 2.45. The molecule has 2 N–H and O–H groups in total. The molecule has 1 aliphatic heterocycles. The average Bonchev–Trinajstić information content (AvgIpc) is 3.12. The predicted octanol–water partition coefficient (Wildman–Crippen LogP) is 1.52. The van der Waals surface area contributed by atoms with E-state index in [4.69, 9.17) is 5.73 Å². The Morgan fingerprint density at radius 1 is 1.22 bits per heavy atom. The normalized spacial score (nSPS) is 15.0. The fourth-order valence-electron chi connectivity index (χ4n) is 2.98. The van der Waals surface area contributed by atoms with Crippen molar-refractivity contribution < 1.29 is 27.8 Å². The molecule has 4 rings (SSSR count). The molecule has 0 fully saturated rings. The topological polar surface area (TPSA) is 122 Å². The quantitative estimate of drug-likeness (QED) is 0.679. The Morgan fingerprint density at radius 3 is 2.59 bits per heavy atom. The van der Waals surface area contributed by atoms with Crippen LogP contribution in [-0.2, 0) is 16.0 Å². The van der Waals surface area contributed by atoms with Crippen molar-refractivity contribution in [2.24, 2.45) is 5.92 Å². The second-order valence-electron chi connectivity index (χ2n) is 6.17. The zero-order valence-electron chi connectivity index (χ0n) is 14.2. The molecule has 27 heavy (non-hydrogen) atoms. The number of rotatable bonds is 4. The lowest BCUT2D eigenvalue weighted by Crippen LogP contribution is -2.26. The van der Waals surface area contributed by atoms with Crippen molar-refractivity contribution in [3.63, 3.8) is 0 Å². The number of halogens is 2. The van der Waals surface area contributed by atoms with Crippen LogP contribution in [0, 0.1) is 5.92 Å². The minimum absolute atomic E-state index is 0.00406. The van der Waals surface area contributed by atoms with Gasteiger partial charge in [-0.15, -0.1) is 13.9 Å². The Labute approximate surface area is 150 Å². The highest BCUT2D eigenvalue weighted by molar-refractivity contribution is 6.00. The number of carbonyl (C=O) groups excluding carboxylic acids is 2. The second kappa shape index (κ2) is 5.56. The number of fused-ring (bicyclic) bond motifs is 5. The predicted molar refractivity (Wildman–Crippen MR) is 87.5 cm³/mol. The molecule has 0 amide bonds. The van der Waals surface area contributed by atoms with Crippen LogP contribution in [-0.4, -0.2) is 37.4 Å². The molecule has 0 bridgehead atoms. The van der Waals surface area contributed by atoms with Crippen LogP contribution >= 0.6 is 0 Å². The third kappa shape index (κ3) is 2.71. The Hall–Kier alpha value is -3.37. The molecule has 3 aromatic rings. The number of anilines is 1. The lowest BCUT2D eigenvalue weighted by molar-refractivity contribution is -0.286. The second-order valence-corrected chi connectivity index (χ2v) is 6.17. The molecular weight excluding hydrogens is 364 g/mol. The van der Waals surface area contributed by atoms with Gasteiger partial charge in [0.15, 0.2) is 23.0 Å². The number of hydrogen-bond donors (Lipinski definition) is 1. The first-order valence-corrected chi connectivity index (χ1v) is 7.91. The van der Waals surface area contributed by atoms with E-state index < -0.39 is 12.2 Å². The van der Waals surface area contributed by atoms with Crippen LogP contribution in [0.4, 0.5) is 14.7 Å². The maximum Gasteiger partial charge on any atom is 0.586 e. The first kappa shape index (κ1) is 17.1. The first-order chi connectivity index (χ1) is 12.7. The summed E-state index contributed by atoms with van der Waals surface area (Å²) < 4.78 is 36.9. The third-order valence-electron chi connectivity index (χ3n) is 4.25. The van der Waals surface area contributed by atoms with E-state index in [9.17, 15) is 18.4 Å². The van der Waals surface area contributed by atoms with Crippen LogP contribution in [0.5, 0.6) is 11.5 Å². The van der Waals surface area contributed by atoms with Crippen molar-refractivity contribution in [2.45, 2.75) is 26.6 Å². The maximum atomic E-state index is 13.4. The molecule has 0 aliphatic carbocycles. The van der Waals surface area contributed by atoms with E-state index in [-0.39, 0.29) is 52.4 Å². The van der Waals surface area contributed by atoms with Gasteiger partial charge in [0.05, 0.1) is 5.92 Å². The molecule has 3 heterocycles. The van der Waals surface area contributed by atoms with Gasteiger partial charge >= 0.3 is 6.29 Å². The molecule has 1 aliphatic rings. The number of aromatic nitrogens is 4. The van der Waals surface area contributed by atoms with Crippen LogP contribution in [0.25, 0.3) is 16.6 Å². The lowest BCUT2D eigenvalue weighted by atomic mass is 9.97. The Bertz CT molecular complexity index is 1110. The highest BCUT2D eigenvalue weighted by Gasteiger charge is 2.45. The molecule has 1 aromatic carbocycles. The summed E-state index contributed by atoms with van der Waals surface area (Å²) in [5.41, 5.74) is 6.16. The van der Waals surface area contributed by atoms with Gasteiger partial charge in [0.1, 0.15) is 17.1 Å². The molecule has 0 radical (unpaired) electrons. The van der Waals surface area contributed by atoms with Gasteiger partial charge in [0.2, 0.25) is 5.95 Å². The zero-order valence-corrected chi connectivity index (χ0v) is 14.2. The number of alkyl halides is 2. The smallest absolute Gasteiger partial charge is 0.395 e. The molecule has 0 atom stereocenters. The van der Waals surface area contributed by atoms with Crippen molar-refractivity contribution in [3.8, 4) is 11.5 Å². The van der Waals surface area contributed by atoms with E-state index in [1.807, 2.05) is 0 Å². The minimum atomic E-state index is -3.80. The van der Waals surface area contributed by atoms with Crippen LogP contribution in [0.15, 0.2) is 12.1 Å². The Morgan fingerprint density at radius 2 is 1.93 bits per heavy atom. The van der Waals surface area contributed by atoms with E-state index in [2.05, 4.69) is 24.5 Å². The maximum absolute atomic E-state index is 13.4. The number of Topliss-reactive ketones (excluding diaryl/α,β-unsaturated/α-hetero) is 2. The molecule has 0 saturated carbocycles. The van der Waals surface area contributed by atoms with E-state index >= 15 is 0 Å². The van der Waals surface area contributed by atoms with Gasteiger partial charge in [-0.1, -0.05) is 0 Å². The number of nitrogen functional groups attached to an aromatic ring is 1. The number of benzene rings is 1. The number of nitrogens with zero attached hydrogens (tertiary/aromatic N) is 4. The number of hydrogen-bond acceptors (Lipinski definition) is 8. The van der Waals surface area contributed by atoms with E-state index in [1.165, 1.54) is 30.5 Å². The molecule has 0 unspecified atom stereocenters. The van der Waals surface area contributed by atoms with Crippen LogP contribution in [0.3, 0.4) is 0 Å². The zero-order chi connectivity index (χ0) is 19.5. The number of carbonyl (C=O) groups is 2. The van der Waals surface area contributed by atoms with Crippen molar-refractivity contribution in [1.82, 2.24) is 19.6 Å². The average molecular weight is 377 g/mol. The SMILES string of the molecule is CC(=O)C(Cc1nc2c3ccc4c(c3nc(N)n2n1)OC(F)(F)O4)C(C)=O. The number of nitrogens with two attached hydrogens (primary N) is 1. The van der Waals surface area contributed by atoms with E-state index in [0.29, 0.717) is 5.39 Å². The summed E-state index contributed by atoms with van der Waals surface area (Å²) in [6.07, 6.45) is -3.80. The lowest BCUT2D eigenvalue weighted by Gasteiger charge is -2.06. The summed E-state index contributed by atoms with van der Waals surface area (Å²) in [6, 6.07) is 2.78. The molecule has 9 nitrogen and oxygen atoms in total. The summed E-state index contributed by atoms with van der Waals surface area (Å²) in [7, 11) is 0. The van der Waals surface area contributed by atoms with Gasteiger partial charge in [-0.3, -0.25) is 9.59 Å². The van der Waals surface area contributed by atoms with E-state index in [0.717, 1.165) is 0 Å². The largest absolute Gasteiger partial charge is 0.586 e. The molecule has 140 valence electrons. The fourth-order valence-corrected chi connectivity index (χ4v) is 2.98. The Balaban J connectivity index is 1.87. The highest BCUT2D eigenvalue weighted by atomic mass is 19.3. The van der Waals surface area contributed by atoms with Crippen LogP contribution in [0.1, 0.15) is 19.7 Å². The van der Waals surface area contributed by atoms with Crippen LogP contribution < -0.4 is 15.2 Å². The van der Waals surface area contributed by atoms with Gasteiger partial charge < -0.3 is 15.2 Å². The summed E-state index contributed by atoms with van der Waals surface area (Å²) >= 11 is 0. The monoisotopic (exact) mass is 377 g/mol. The van der Waals surface area contributed by atoms with Gasteiger partial charge in [0.25, 0.3) is 0 Å². The van der Waals surface area contributed by atoms with Gasteiger partial charge in [0, 0.05) is 11.8 Å². The van der Waals surface area contributed by atoms with Crippen LogP contribution in [0.2, 0.25) is 0 Å². The van der Waals surface area contributed by atoms with Gasteiger partial charge in [-0.25, -0.2) is 9.97 Å². The van der Waals surface area contributed by atoms with E-state index in [1.54, 1.807) is 0 Å². The summed E-state index contributed by atoms with van der Waals surface area (Å²) in [6.45, 7) is 2.63. The molecule has 0 saturated heterocycles. The van der Waals surface area contributed by atoms with Gasteiger partial charge in [-0.05, 0) is 26.0 Å². The number of ether oxygens (including phenoxy) is 2. The van der Waals surface area contributed by atoms with Crippen molar-refractivity contribution in [2.75, 3.05) is 5.73 Å². The standard InChI is InChI=1S/C16H13F2N5O4/c1-6(24)9(7(2)25)5-11-20-14-8-3-4-10-13(27-16(17,18)26-10)12(8)21-15(19)23(14)22-11/h3-4,9H,5H2,1-2H3,(H2,19,21). The third-order valence-corrected chi connectivity index (χ3v) is 4.25. The van der Waals surface area contributed by atoms with Crippen molar-refractivity contribution in [3.05, 3.63) is 18.0 Å². The fraction of sp³-hybridized carbons (Fsp3) is 0.312. The molecule has 11 heteroatoms. The molecule has 2 aromatic heterocycles. The molecular formula is C16H13F2N5O4. The Kier molecular flexibility index (Phi) is 3.52. The number of ketones is 2. The minimum Gasteiger partial charge on any atom is -0.395 e. The summed E-state index contributed by atoms with van der Waals surface area (Å²) in [5, 5.41) is 4.53. The molecule has 0 spiro atoms. The summed E-state index contributed by atoms with van der Waals surface area (Å²) in [4.78, 5) is 31.7.